The van der Waals surface area contributed by atoms with E-state index < -0.39 is 0 Å². The van der Waals surface area contributed by atoms with E-state index in [1.54, 1.807) is 0 Å². The van der Waals surface area contributed by atoms with E-state index in [0.29, 0.717) is 18.9 Å². The predicted molar refractivity (Wildman–Crippen MR) is 142 cm³/mol. The molecule has 0 saturated heterocycles. The largest absolute Gasteiger partial charge is 0.461 e. The molecule has 2 heteroatoms. The number of carbonyl (C=O) groups is 1. The van der Waals surface area contributed by atoms with Gasteiger partial charge in [0, 0.05) is 6.42 Å². The van der Waals surface area contributed by atoms with E-state index in [1.165, 1.54) is 95.5 Å². The molecule has 2 atom stereocenters. The van der Waals surface area contributed by atoms with Crippen molar-refractivity contribution < 1.29 is 9.53 Å². The van der Waals surface area contributed by atoms with E-state index in [-0.39, 0.29) is 5.97 Å². The molecule has 0 N–H and O–H groups in total. The summed E-state index contributed by atoms with van der Waals surface area (Å²) in [5.41, 5.74) is 1.36. The second-order valence-electron chi connectivity index (χ2n) is 11.0. The Morgan fingerprint density at radius 2 is 1.25 bits per heavy atom. The van der Waals surface area contributed by atoms with Crippen LogP contribution in [0.3, 0.4) is 0 Å². The number of esters is 1. The highest BCUT2D eigenvalue weighted by Crippen LogP contribution is 2.22. The van der Waals surface area contributed by atoms with Crippen LogP contribution in [-0.4, -0.2) is 12.6 Å². The monoisotopic (exact) mass is 450 g/mol. The molecule has 0 aliphatic heterocycles. The fourth-order valence-electron chi connectivity index (χ4n) is 4.42. The smallest absolute Gasteiger partial charge is 0.306 e. The Morgan fingerprint density at radius 3 is 1.81 bits per heavy atom. The number of carbonyl (C=O) groups excluding carboxylic acids is 1. The Bertz CT molecular complexity index is 452. The van der Waals surface area contributed by atoms with Crippen molar-refractivity contribution in [3.8, 4) is 0 Å². The first kappa shape index (κ1) is 31.2. The van der Waals surface area contributed by atoms with E-state index in [0.717, 1.165) is 24.7 Å². The van der Waals surface area contributed by atoms with Crippen LogP contribution in [0.4, 0.5) is 0 Å². The summed E-state index contributed by atoms with van der Waals surface area (Å²) in [6, 6.07) is 0. The van der Waals surface area contributed by atoms with Crippen LogP contribution in [0.15, 0.2) is 11.6 Å². The minimum Gasteiger partial charge on any atom is -0.461 e. The Hall–Kier alpha value is -0.790. The number of ether oxygens (including phenoxy) is 1. The summed E-state index contributed by atoms with van der Waals surface area (Å²) < 4.78 is 5.44. The zero-order chi connectivity index (χ0) is 24.0. The summed E-state index contributed by atoms with van der Waals surface area (Å²) in [5.74, 6) is 2.10. The van der Waals surface area contributed by atoms with Gasteiger partial charge in [-0.2, -0.15) is 0 Å². The van der Waals surface area contributed by atoms with Crippen molar-refractivity contribution in [2.24, 2.45) is 17.8 Å². The first-order valence-electron chi connectivity index (χ1n) is 14.2. The zero-order valence-corrected chi connectivity index (χ0v) is 22.9. The molecule has 0 aromatic rings. The molecule has 0 heterocycles. The van der Waals surface area contributed by atoms with E-state index >= 15 is 0 Å². The number of hydrogen-bond acceptors (Lipinski definition) is 2. The summed E-state index contributed by atoms with van der Waals surface area (Å²) in [5, 5.41) is 0. The predicted octanol–water partition coefficient (Wildman–Crippen LogP) is 10.1. The molecule has 0 bridgehead atoms. The summed E-state index contributed by atoms with van der Waals surface area (Å²) in [4.78, 5) is 12.0. The highest BCUT2D eigenvalue weighted by molar-refractivity contribution is 5.69. The van der Waals surface area contributed by atoms with Crippen LogP contribution in [0.25, 0.3) is 0 Å². The fraction of sp³-hybridized carbons (Fsp3) is 0.900. The molecular formula is C30H58O2. The quantitative estimate of drug-likeness (QED) is 0.0931. The summed E-state index contributed by atoms with van der Waals surface area (Å²) in [6.45, 7) is 14.1. The van der Waals surface area contributed by atoms with Gasteiger partial charge in [0.25, 0.3) is 0 Å². The number of hydrogen-bond donors (Lipinski definition) is 0. The molecule has 0 amide bonds. The van der Waals surface area contributed by atoms with Gasteiger partial charge in [-0.3, -0.25) is 4.79 Å². The van der Waals surface area contributed by atoms with E-state index in [4.69, 9.17) is 4.74 Å². The van der Waals surface area contributed by atoms with Gasteiger partial charge < -0.3 is 4.74 Å². The van der Waals surface area contributed by atoms with Crippen molar-refractivity contribution in [3.63, 3.8) is 0 Å². The molecule has 0 rings (SSSR count). The third-order valence-corrected chi connectivity index (χ3v) is 6.73. The highest BCUT2D eigenvalue weighted by atomic mass is 16.5. The minimum absolute atomic E-state index is 0.0366. The average molecular weight is 451 g/mol. The molecule has 0 saturated carbocycles. The lowest BCUT2D eigenvalue weighted by Crippen LogP contribution is -2.09. The Morgan fingerprint density at radius 1 is 0.719 bits per heavy atom. The van der Waals surface area contributed by atoms with E-state index in [9.17, 15) is 4.79 Å². The minimum atomic E-state index is -0.0366. The van der Waals surface area contributed by atoms with Gasteiger partial charge >= 0.3 is 5.97 Å². The van der Waals surface area contributed by atoms with Crippen molar-refractivity contribution in [2.75, 3.05) is 6.61 Å². The molecule has 2 nitrogen and oxygen atoms in total. The maximum Gasteiger partial charge on any atom is 0.306 e. The van der Waals surface area contributed by atoms with Gasteiger partial charge in [-0.15, -0.1) is 0 Å². The first-order valence-corrected chi connectivity index (χ1v) is 14.2. The standard InChI is InChI=1S/C30H58O2/c1-7-8-9-10-11-12-13-14-15-16-17-18-27(4)23-24-32-30(31)22-21-29(6)25-28(5)20-19-26(2)3/h23,26,28-29H,7-22,24-25H2,1-6H3/b27-23+. The van der Waals surface area contributed by atoms with Crippen LogP contribution in [-0.2, 0) is 9.53 Å². The lowest BCUT2D eigenvalue weighted by molar-refractivity contribution is -0.142. The molecule has 0 fully saturated rings. The van der Waals surface area contributed by atoms with Gasteiger partial charge in [-0.05, 0) is 56.4 Å². The average Bonchev–Trinajstić information content (AvgIpc) is 2.74. The lowest BCUT2D eigenvalue weighted by atomic mass is 9.89. The number of unbranched alkanes of at least 4 members (excludes halogenated alkanes) is 10. The Balaban J connectivity index is 3.62. The highest BCUT2D eigenvalue weighted by Gasteiger charge is 2.12. The Kier molecular flexibility index (Phi) is 21.5. The zero-order valence-electron chi connectivity index (χ0n) is 22.9. The van der Waals surface area contributed by atoms with Gasteiger partial charge in [0.1, 0.15) is 6.61 Å². The van der Waals surface area contributed by atoms with Crippen LogP contribution in [0.1, 0.15) is 151 Å². The normalized spacial score (nSPS) is 14.0. The van der Waals surface area contributed by atoms with Gasteiger partial charge in [0.15, 0.2) is 0 Å². The topological polar surface area (TPSA) is 26.3 Å². The van der Waals surface area contributed by atoms with Gasteiger partial charge in [-0.25, -0.2) is 0 Å². The summed E-state index contributed by atoms with van der Waals surface area (Å²) in [6.07, 6.45) is 23.8. The van der Waals surface area contributed by atoms with E-state index in [2.05, 4.69) is 47.6 Å². The summed E-state index contributed by atoms with van der Waals surface area (Å²) in [7, 11) is 0. The van der Waals surface area contributed by atoms with Gasteiger partial charge in [-0.1, -0.05) is 117 Å². The lowest BCUT2D eigenvalue weighted by Gasteiger charge is -2.17. The fourth-order valence-corrected chi connectivity index (χ4v) is 4.42. The number of allylic oxidation sites excluding steroid dienone is 1. The SMILES string of the molecule is CCCCCCCCCCCCC/C(C)=C/COC(=O)CCC(C)CC(C)CCC(C)C. The first-order chi connectivity index (χ1) is 15.3. The molecule has 2 unspecified atom stereocenters. The molecule has 0 spiro atoms. The molecule has 0 aromatic carbocycles. The molecule has 32 heavy (non-hydrogen) atoms. The molecule has 190 valence electrons. The van der Waals surface area contributed by atoms with Crippen LogP contribution in [0, 0.1) is 17.8 Å². The third kappa shape index (κ3) is 22.4. The molecule has 0 radical (unpaired) electrons. The molecule has 0 aliphatic rings. The van der Waals surface area contributed by atoms with Gasteiger partial charge in [0.2, 0.25) is 0 Å². The van der Waals surface area contributed by atoms with Crippen LogP contribution >= 0.6 is 0 Å². The van der Waals surface area contributed by atoms with Crippen molar-refractivity contribution in [2.45, 2.75) is 151 Å². The number of rotatable bonds is 22. The van der Waals surface area contributed by atoms with Crippen LogP contribution in [0.2, 0.25) is 0 Å². The summed E-state index contributed by atoms with van der Waals surface area (Å²) >= 11 is 0. The maximum atomic E-state index is 12.0. The molecule has 0 aromatic heterocycles. The Labute approximate surface area is 202 Å². The van der Waals surface area contributed by atoms with Crippen LogP contribution < -0.4 is 0 Å². The molecule has 0 aliphatic carbocycles. The van der Waals surface area contributed by atoms with Crippen molar-refractivity contribution in [1.29, 1.82) is 0 Å². The third-order valence-electron chi connectivity index (χ3n) is 6.73. The van der Waals surface area contributed by atoms with Crippen molar-refractivity contribution in [1.82, 2.24) is 0 Å². The van der Waals surface area contributed by atoms with Crippen molar-refractivity contribution in [3.05, 3.63) is 11.6 Å². The van der Waals surface area contributed by atoms with E-state index in [1.807, 2.05) is 0 Å². The van der Waals surface area contributed by atoms with Gasteiger partial charge in [0.05, 0.1) is 0 Å². The maximum absolute atomic E-state index is 12.0. The van der Waals surface area contributed by atoms with Crippen LogP contribution in [0.5, 0.6) is 0 Å². The second kappa shape index (κ2) is 22.0. The van der Waals surface area contributed by atoms with Crippen molar-refractivity contribution >= 4 is 5.97 Å². The second-order valence-corrected chi connectivity index (χ2v) is 11.0. The molecular weight excluding hydrogens is 392 g/mol.